The van der Waals surface area contributed by atoms with E-state index in [2.05, 4.69) is 4.90 Å². The van der Waals surface area contributed by atoms with Crippen LogP contribution in [0.1, 0.15) is 24.2 Å². The summed E-state index contributed by atoms with van der Waals surface area (Å²) in [7, 11) is 0. The third-order valence-electron chi connectivity index (χ3n) is 3.95. The Kier molecular flexibility index (Phi) is 4.45. The van der Waals surface area contributed by atoms with E-state index in [1.807, 2.05) is 13.0 Å². The Morgan fingerprint density at radius 2 is 2.00 bits per heavy atom. The molecule has 0 N–H and O–H groups in total. The van der Waals surface area contributed by atoms with Gasteiger partial charge in [0.25, 0.3) is 0 Å². The number of ether oxygens (including phenoxy) is 2. The van der Waals surface area contributed by atoms with Crippen LogP contribution in [0.5, 0.6) is 5.75 Å². The standard InChI is InChI=1S/C17H19NO5/c1-11(19)15-9-13-3-4-14(10-16(13)23-17(15)20)22-12(2)18-5-7-21-8-6-18/h3-4,9-10,12H,5-8H2,1-2H3. The second-order valence-corrected chi connectivity index (χ2v) is 5.57. The smallest absolute Gasteiger partial charge is 0.347 e. The van der Waals surface area contributed by atoms with Gasteiger partial charge in [-0.1, -0.05) is 0 Å². The topological polar surface area (TPSA) is 69.0 Å². The number of Topliss-reactive ketones (excluding diaryl/α,β-unsaturated/α-hetero) is 1. The Labute approximate surface area is 133 Å². The summed E-state index contributed by atoms with van der Waals surface area (Å²) in [5, 5.41) is 0.696. The largest absolute Gasteiger partial charge is 0.475 e. The zero-order valence-electron chi connectivity index (χ0n) is 13.2. The molecule has 1 atom stereocenters. The number of hydrogen-bond acceptors (Lipinski definition) is 6. The average molecular weight is 317 g/mol. The second-order valence-electron chi connectivity index (χ2n) is 5.57. The van der Waals surface area contributed by atoms with Gasteiger partial charge in [-0.05, 0) is 32.0 Å². The predicted octanol–water partition coefficient (Wildman–Crippen LogP) is 2.05. The quantitative estimate of drug-likeness (QED) is 0.635. The molecule has 6 heteroatoms. The highest BCUT2D eigenvalue weighted by Crippen LogP contribution is 2.22. The summed E-state index contributed by atoms with van der Waals surface area (Å²) in [5.74, 6) is 0.317. The van der Waals surface area contributed by atoms with Crippen LogP contribution in [-0.2, 0) is 4.74 Å². The first-order valence-corrected chi connectivity index (χ1v) is 7.62. The van der Waals surface area contributed by atoms with Crippen molar-refractivity contribution in [3.63, 3.8) is 0 Å². The zero-order valence-corrected chi connectivity index (χ0v) is 13.2. The Bertz CT molecular complexity index is 776. The zero-order chi connectivity index (χ0) is 16.4. The first-order chi connectivity index (χ1) is 11.0. The molecular weight excluding hydrogens is 298 g/mol. The van der Waals surface area contributed by atoms with Gasteiger partial charge in [0.15, 0.2) is 5.78 Å². The molecule has 1 unspecified atom stereocenters. The molecule has 1 aromatic carbocycles. The molecule has 1 fully saturated rings. The van der Waals surface area contributed by atoms with Crippen molar-refractivity contribution < 1.29 is 18.7 Å². The number of hydrogen-bond donors (Lipinski definition) is 0. The average Bonchev–Trinajstić information content (AvgIpc) is 2.54. The third-order valence-corrected chi connectivity index (χ3v) is 3.95. The van der Waals surface area contributed by atoms with Crippen LogP contribution in [0.4, 0.5) is 0 Å². The van der Waals surface area contributed by atoms with Crippen molar-refractivity contribution in [1.82, 2.24) is 4.90 Å². The molecule has 1 aliphatic rings. The highest BCUT2D eigenvalue weighted by Gasteiger charge is 2.18. The van der Waals surface area contributed by atoms with Gasteiger partial charge in [0.05, 0.1) is 13.2 Å². The fourth-order valence-corrected chi connectivity index (χ4v) is 2.62. The molecule has 0 amide bonds. The van der Waals surface area contributed by atoms with Gasteiger partial charge in [-0.2, -0.15) is 0 Å². The predicted molar refractivity (Wildman–Crippen MR) is 85.0 cm³/mol. The molecule has 1 aliphatic heterocycles. The number of carbonyl (C=O) groups excluding carboxylic acids is 1. The molecule has 23 heavy (non-hydrogen) atoms. The van der Waals surface area contributed by atoms with Crippen LogP contribution in [-0.4, -0.2) is 43.2 Å². The van der Waals surface area contributed by atoms with Crippen molar-refractivity contribution in [1.29, 1.82) is 0 Å². The molecule has 2 aromatic rings. The van der Waals surface area contributed by atoms with Crippen molar-refractivity contribution in [2.45, 2.75) is 20.1 Å². The number of ketones is 1. The summed E-state index contributed by atoms with van der Waals surface area (Å²) in [5.41, 5.74) is -0.150. The maximum Gasteiger partial charge on any atom is 0.347 e. The summed E-state index contributed by atoms with van der Waals surface area (Å²) >= 11 is 0. The lowest BCUT2D eigenvalue weighted by molar-refractivity contribution is -0.0373. The minimum absolute atomic E-state index is 0.0628. The van der Waals surface area contributed by atoms with Gasteiger partial charge in [0.1, 0.15) is 23.1 Å². The van der Waals surface area contributed by atoms with E-state index in [1.54, 1.807) is 18.2 Å². The number of benzene rings is 1. The fraction of sp³-hybridized carbons (Fsp3) is 0.412. The molecule has 122 valence electrons. The SMILES string of the molecule is CC(=O)c1cc2ccc(OC(C)N3CCOCC3)cc2oc1=O. The highest BCUT2D eigenvalue weighted by atomic mass is 16.5. The summed E-state index contributed by atoms with van der Waals surface area (Å²) in [6.07, 6.45) is -0.0976. The minimum atomic E-state index is -0.622. The first kappa shape index (κ1) is 15.7. The molecule has 0 saturated carbocycles. The molecule has 1 aromatic heterocycles. The summed E-state index contributed by atoms with van der Waals surface area (Å²) in [6, 6.07) is 6.82. The van der Waals surface area contributed by atoms with Gasteiger partial charge in [0.2, 0.25) is 0 Å². The maximum absolute atomic E-state index is 11.8. The fourth-order valence-electron chi connectivity index (χ4n) is 2.62. The molecule has 2 heterocycles. The second kappa shape index (κ2) is 6.52. The van der Waals surface area contributed by atoms with Crippen molar-refractivity contribution in [2.24, 2.45) is 0 Å². The van der Waals surface area contributed by atoms with E-state index >= 15 is 0 Å². The van der Waals surface area contributed by atoms with Gasteiger partial charge in [-0.15, -0.1) is 0 Å². The lowest BCUT2D eigenvalue weighted by atomic mass is 10.1. The Morgan fingerprint density at radius 1 is 1.26 bits per heavy atom. The normalized spacial score (nSPS) is 17.1. The van der Waals surface area contributed by atoms with Crippen LogP contribution < -0.4 is 10.4 Å². The van der Waals surface area contributed by atoms with Crippen molar-refractivity contribution in [3.8, 4) is 5.75 Å². The Morgan fingerprint density at radius 3 is 2.70 bits per heavy atom. The number of nitrogens with zero attached hydrogens (tertiary/aromatic N) is 1. The number of rotatable bonds is 4. The molecule has 0 aliphatic carbocycles. The molecule has 3 rings (SSSR count). The maximum atomic E-state index is 11.8. The molecule has 0 spiro atoms. The van der Waals surface area contributed by atoms with Crippen molar-refractivity contribution >= 4 is 16.8 Å². The van der Waals surface area contributed by atoms with Crippen LogP contribution in [0.3, 0.4) is 0 Å². The van der Waals surface area contributed by atoms with Gasteiger partial charge in [-0.25, -0.2) is 4.79 Å². The first-order valence-electron chi connectivity index (χ1n) is 7.62. The number of morpholine rings is 1. The Balaban J connectivity index is 1.83. The summed E-state index contributed by atoms with van der Waals surface area (Å²) in [6.45, 7) is 6.38. The van der Waals surface area contributed by atoms with Crippen LogP contribution >= 0.6 is 0 Å². The van der Waals surface area contributed by atoms with Crippen LogP contribution in [0, 0.1) is 0 Å². The van der Waals surface area contributed by atoms with Gasteiger partial charge < -0.3 is 13.9 Å². The van der Waals surface area contributed by atoms with Gasteiger partial charge in [-0.3, -0.25) is 9.69 Å². The van der Waals surface area contributed by atoms with E-state index < -0.39 is 5.63 Å². The Hall–Kier alpha value is -2.18. The molecule has 0 radical (unpaired) electrons. The highest BCUT2D eigenvalue weighted by molar-refractivity contribution is 5.96. The lowest BCUT2D eigenvalue weighted by Gasteiger charge is -2.32. The van der Waals surface area contributed by atoms with Crippen molar-refractivity contribution in [3.05, 3.63) is 40.2 Å². The van der Waals surface area contributed by atoms with E-state index in [0.717, 1.165) is 13.1 Å². The van der Waals surface area contributed by atoms with Crippen molar-refractivity contribution in [2.75, 3.05) is 26.3 Å². The summed E-state index contributed by atoms with van der Waals surface area (Å²) < 4.78 is 16.5. The third kappa shape index (κ3) is 3.43. The van der Waals surface area contributed by atoms with E-state index in [9.17, 15) is 9.59 Å². The van der Waals surface area contributed by atoms with E-state index in [0.29, 0.717) is 29.9 Å². The minimum Gasteiger partial charge on any atom is -0.475 e. The van der Waals surface area contributed by atoms with E-state index in [-0.39, 0.29) is 17.6 Å². The van der Waals surface area contributed by atoms with E-state index in [1.165, 1.54) is 6.92 Å². The molecule has 0 bridgehead atoms. The molecule has 1 saturated heterocycles. The number of carbonyl (C=O) groups is 1. The van der Waals surface area contributed by atoms with Crippen LogP contribution in [0.25, 0.3) is 11.0 Å². The van der Waals surface area contributed by atoms with E-state index in [4.69, 9.17) is 13.9 Å². The number of fused-ring (bicyclic) bond motifs is 1. The van der Waals surface area contributed by atoms with Gasteiger partial charge >= 0.3 is 5.63 Å². The summed E-state index contributed by atoms with van der Waals surface area (Å²) in [4.78, 5) is 25.4. The molecule has 6 nitrogen and oxygen atoms in total. The molecular formula is C17H19NO5. The van der Waals surface area contributed by atoms with Crippen LogP contribution in [0.15, 0.2) is 33.5 Å². The van der Waals surface area contributed by atoms with Crippen LogP contribution in [0.2, 0.25) is 0 Å². The monoisotopic (exact) mass is 317 g/mol. The van der Waals surface area contributed by atoms with Gasteiger partial charge in [0, 0.05) is 24.5 Å². The lowest BCUT2D eigenvalue weighted by Crippen LogP contribution is -2.44.